The molecule has 0 aliphatic heterocycles. The lowest BCUT2D eigenvalue weighted by Crippen LogP contribution is -2.05. The summed E-state index contributed by atoms with van der Waals surface area (Å²) in [6.45, 7) is 1.81. The Kier molecular flexibility index (Phi) is 2.46. The molecule has 0 spiro atoms. The number of aromatic nitrogens is 4. The van der Waals surface area contributed by atoms with Crippen molar-refractivity contribution in [3.8, 4) is 0 Å². The lowest BCUT2D eigenvalue weighted by atomic mass is 10.7. The average molecular weight is 223 g/mol. The molecule has 2 rings (SSSR count). The quantitative estimate of drug-likeness (QED) is 0.645. The molecule has 78 valence electrons. The molecule has 0 saturated heterocycles. The SMILES string of the molecule is Cc1nc(Sc2nccc(=O)[nH]2)c(N)[nH]1. The summed E-state index contributed by atoms with van der Waals surface area (Å²) in [5, 5.41) is 1.09. The summed E-state index contributed by atoms with van der Waals surface area (Å²) >= 11 is 1.22. The Morgan fingerprint density at radius 2 is 2.27 bits per heavy atom. The van der Waals surface area contributed by atoms with E-state index in [4.69, 9.17) is 5.73 Å². The molecule has 2 heterocycles. The monoisotopic (exact) mass is 223 g/mol. The van der Waals surface area contributed by atoms with Crippen molar-refractivity contribution in [1.29, 1.82) is 0 Å². The summed E-state index contributed by atoms with van der Waals surface area (Å²) in [4.78, 5) is 24.6. The summed E-state index contributed by atoms with van der Waals surface area (Å²) in [6.07, 6.45) is 1.44. The highest BCUT2D eigenvalue weighted by Gasteiger charge is 2.07. The number of aromatic amines is 2. The molecule has 2 aromatic rings. The number of rotatable bonds is 2. The molecule has 0 radical (unpaired) electrons. The smallest absolute Gasteiger partial charge is 0.251 e. The predicted octanol–water partition coefficient (Wildman–Crippen LogP) is 0.535. The van der Waals surface area contributed by atoms with Crippen LogP contribution in [0.3, 0.4) is 0 Å². The standard InChI is InChI=1S/C8H9N5OS/c1-4-11-6(9)7(12-4)15-8-10-3-2-5(14)13-8/h2-3H,9H2,1H3,(H,11,12)(H,10,13,14). The van der Waals surface area contributed by atoms with Crippen molar-refractivity contribution in [3.05, 3.63) is 28.4 Å². The Morgan fingerprint density at radius 1 is 1.47 bits per heavy atom. The third kappa shape index (κ3) is 2.18. The van der Waals surface area contributed by atoms with Crippen LogP contribution in [0.1, 0.15) is 5.82 Å². The number of anilines is 1. The van der Waals surface area contributed by atoms with Crippen LogP contribution in [0.5, 0.6) is 0 Å². The van der Waals surface area contributed by atoms with Gasteiger partial charge in [0.05, 0.1) is 0 Å². The average Bonchev–Trinajstić information content (AvgIpc) is 2.45. The number of imidazole rings is 1. The van der Waals surface area contributed by atoms with Crippen molar-refractivity contribution in [2.75, 3.05) is 5.73 Å². The first-order chi connectivity index (χ1) is 7.15. The lowest BCUT2D eigenvalue weighted by molar-refractivity contribution is 0.933. The number of nitrogens with one attached hydrogen (secondary N) is 2. The van der Waals surface area contributed by atoms with E-state index in [9.17, 15) is 4.79 Å². The molecule has 7 heteroatoms. The summed E-state index contributed by atoms with van der Waals surface area (Å²) < 4.78 is 0. The van der Waals surface area contributed by atoms with Crippen LogP contribution in [0, 0.1) is 6.92 Å². The number of hydrogen-bond acceptors (Lipinski definition) is 5. The van der Waals surface area contributed by atoms with Gasteiger partial charge in [0, 0.05) is 12.3 Å². The first kappa shape index (κ1) is 9.78. The van der Waals surface area contributed by atoms with E-state index in [-0.39, 0.29) is 5.56 Å². The molecule has 0 bridgehead atoms. The van der Waals surface area contributed by atoms with E-state index >= 15 is 0 Å². The Bertz CT molecular complexity index is 532. The molecule has 0 fully saturated rings. The van der Waals surface area contributed by atoms with Crippen LogP contribution in [0.2, 0.25) is 0 Å². The van der Waals surface area contributed by atoms with Crippen LogP contribution in [0.4, 0.5) is 5.82 Å². The first-order valence-corrected chi connectivity index (χ1v) is 5.02. The van der Waals surface area contributed by atoms with E-state index in [0.29, 0.717) is 16.0 Å². The highest BCUT2D eigenvalue weighted by Crippen LogP contribution is 2.26. The molecule has 6 nitrogen and oxygen atoms in total. The van der Waals surface area contributed by atoms with Gasteiger partial charge in [0.15, 0.2) is 5.16 Å². The molecule has 0 unspecified atom stereocenters. The summed E-state index contributed by atoms with van der Waals surface area (Å²) in [7, 11) is 0. The maximum absolute atomic E-state index is 11.0. The fraction of sp³-hybridized carbons (Fsp3) is 0.125. The normalized spacial score (nSPS) is 10.5. The van der Waals surface area contributed by atoms with Crippen molar-refractivity contribution in [1.82, 2.24) is 19.9 Å². The Balaban J connectivity index is 2.29. The van der Waals surface area contributed by atoms with Gasteiger partial charge in [0.25, 0.3) is 5.56 Å². The van der Waals surface area contributed by atoms with Crippen molar-refractivity contribution in [2.24, 2.45) is 0 Å². The minimum absolute atomic E-state index is 0.196. The lowest BCUT2D eigenvalue weighted by Gasteiger charge is -1.96. The molecule has 2 aromatic heterocycles. The van der Waals surface area contributed by atoms with Gasteiger partial charge in [-0.15, -0.1) is 0 Å². The number of H-pyrrole nitrogens is 2. The second-order valence-corrected chi connectivity index (χ2v) is 3.86. The molecule has 0 atom stereocenters. The van der Waals surface area contributed by atoms with Gasteiger partial charge in [-0.05, 0) is 18.7 Å². The fourth-order valence-electron chi connectivity index (χ4n) is 1.06. The van der Waals surface area contributed by atoms with Crippen LogP contribution < -0.4 is 11.3 Å². The van der Waals surface area contributed by atoms with Gasteiger partial charge >= 0.3 is 0 Å². The van der Waals surface area contributed by atoms with E-state index in [1.807, 2.05) is 6.92 Å². The maximum Gasteiger partial charge on any atom is 0.251 e. The van der Waals surface area contributed by atoms with Gasteiger partial charge in [-0.1, -0.05) is 0 Å². The molecular formula is C8H9N5OS. The van der Waals surface area contributed by atoms with Crippen molar-refractivity contribution in [2.45, 2.75) is 17.1 Å². The zero-order valence-electron chi connectivity index (χ0n) is 7.94. The topological polar surface area (TPSA) is 100 Å². The molecule has 4 N–H and O–H groups in total. The van der Waals surface area contributed by atoms with Crippen molar-refractivity contribution < 1.29 is 0 Å². The number of nitrogens with zero attached hydrogens (tertiary/aromatic N) is 2. The molecule has 0 saturated carbocycles. The Hall–Kier alpha value is -1.76. The molecule has 0 aliphatic rings. The molecule has 0 amide bonds. The zero-order chi connectivity index (χ0) is 10.8. The van der Waals surface area contributed by atoms with Crippen LogP contribution >= 0.6 is 11.8 Å². The number of nitrogens with two attached hydrogens (primary N) is 1. The largest absolute Gasteiger partial charge is 0.383 e. The highest BCUT2D eigenvalue weighted by atomic mass is 32.2. The van der Waals surface area contributed by atoms with Gasteiger partial charge < -0.3 is 15.7 Å². The minimum atomic E-state index is -0.196. The minimum Gasteiger partial charge on any atom is -0.383 e. The third-order valence-corrected chi connectivity index (χ3v) is 2.56. The van der Waals surface area contributed by atoms with E-state index in [1.54, 1.807) is 0 Å². The van der Waals surface area contributed by atoms with Gasteiger partial charge in [-0.2, -0.15) is 0 Å². The Morgan fingerprint density at radius 3 is 2.87 bits per heavy atom. The second-order valence-electron chi connectivity index (χ2n) is 2.88. The fourth-order valence-corrected chi connectivity index (χ4v) is 1.85. The molecule has 0 aliphatic carbocycles. The van der Waals surface area contributed by atoms with Crippen LogP contribution in [-0.4, -0.2) is 19.9 Å². The second kappa shape index (κ2) is 3.77. The number of hydrogen-bond donors (Lipinski definition) is 3. The summed E-state index contributed by atoms with van der Waals surface area (Å²) in [5.41, 5.74) is 5.47. The van der Waals surface area contributed by atoms with Crippen LogP contribution in [0.15, 0.2) is 27.2 Å². The van der Waals surface area contributed by atoms with Crippen molar-refractivity contribution >= 4 is 17.6 Å². The summed E-state index contributed by atoms with van der Waals surface area (Å²) in [5.74, 6) is 1.21. The zero-order valence-corrected chi connectivity index (χ0v) is 8.76. The van der Waals surface area contributed by atoms with Gasteiger partial charge in [0.2, 0.25) is 0 Å². The number of aryl methyl sites for hydroxylation is 1. The molecule has 0 aromatic carbocycles. The first-order valence-electron chi connectivity index (χ1n) is 4.20. The van der Waals surface area contributed by atoms with Crippen molar-refractivity contribution in [3.63, 3.8) is 0 Å². The van der Waals surface area contributed by atoms with Gasteiger partial charge in [0.1, 0.15) is 16.7 Å². The van der Waals surface area contributed by atoms with E-state index < -0.39 is 0 Å². The summed E-state index contributed by atoms with van der Waals surface area (Å²) in [6, 6.07) is 1.35. The maximum atomic E-state index is 11.0. The van der Waals surface area contributed by atoms with E-state index in [0.717, 1.165) is 5.82 Å². The molecular weight excluding hydrogens is 214 g/mol. The van der Waals surface area contributed by atoms with E-state index in [1.165, 1.54) is 24.0 Å². The predicted molar refractivity (Wildman–Crippen MR) is 56.7 cm³/mol. The highest BCUT2D eigenvalue weighted by molar-refractivity contribution is 7.99. The third-order valence-electron chi connectivity index (χ3n) is 1.66. The van der Waals surface area contributed by atoms with Crippen LogP contribution in [0.25, 0.3) is 0 Å². The van der Waals surface area contributed by atoms with Gasteiger partial charge in [-0.3, -0.25) is 4.79 Å². The Labute approximate surface area is 89.3 Å². The molecule has 15 heavy (non-hydrogen) atoms. The number of nitrogen functional groups attached to an aromatic ring is 1. The van der Waals surface area contributed by atoms with Crippen LogP contribution in [-0.2, 0) is 0 Å². The van der Waals surface area contributed by atoms with E-state index in [2.05, 4.69) is 19.9 Å². The van der Waals surface area contributed by atoms with Gasteiger partial charge in [-0.25, -0.2) is 9.97 Å².